The van der Waals surface area contributed by atoms with Gasteiger partial charge in [0.25, 0.3) is 10.2 Å². The second-order valence-corrected chi connectivity index (χ2v) is 6.73. The fraction of sp³-hybridized carbons (Fsp3) is 0.571. The summed E-state index contributed by atoms with van der Waals surface area (Å²) in [5.74, 6) is 0. The summed E-state index contributed by atoms with van der Waals surface area (Å²) in [6, 6.07) is 9.66. The van der Waals surface area contributed by atoms with E-state index in [4.69, 9.17) is 0 Å². The normalized spacial score (nSPS) is 12.2. The first-order valence-corrected chi connectivity index (χ1v) is 8.32. The molecule has 0 aromatic heterocycles. The molecule has 20 heavy (non-hydrogen) atoms. The molecule has 5 nitrogen and oxygen atoms in total. The molecule has 0 heterocycles. The van der Waals surface area contributed by atoms with Gasteiger partial charge in [-0.3, -0.25) is 0 Å². The average molecular weight is 299 g/mol. The van der Waals surface area contributed by atoms with Crippen LogP contribution in [0.5, 0.6) is 0 Å². The Hall–Kier alpha value is -0.950. The fourth-order valence-electron chi connectivity index (χ4n) is 1.93. The van der Waals surface area contributed by atoms with Crippen LogP contribution in [0.25, 0.3) is 0 Å². The Kier molecular flexibility index (Phi) is 7.15. The molecule has 1 aromatic carbocycles. The molecule has 0 bridgehead atoms. The van der Waals surface area contributed by atoms with Gasteiger partial charge in [0.15, 0.2) is 0 Å². The zero-order chi connectivity index (χ0) is 15.0. The summed E-state index contributed by atoms with van der Waals surface area (Å²) in [6.07, 6.45) is 0.801. The molecular weight excluding hydrogens is 274 g/mol. The summed E-state index contributed by atoms with van der Waals surface area (Å²) in [4.78, 5) is 0. The average Bonchev–Trinajstić information content (AvgIpc) is 2.45. The van der Waals surface area contributed by atoms with Crippen molar-refractivity contribution in [1.82, 2.24) is 13.9 Å². The molecule has 1 rings (SSSR count). The minimum Gasteiger partial charge on any atom is -0.320 e. The molecule has 0 aliphatic rings. The summed E-state index contributed by atoms with van der Waals surface area (Å²) >= 11 is 0. The van der Waals surface area contributed by atoms with E-state index in [1.165, 1.54) is 8.61 Å². The van der Waals surface area contributed by atoms with Gasteiger partial charge in [-0.1, -0.05) is 37.3 Å². The predicted octanol–water partition coefficient (Wildman–Crippen LogP) is 1.29. The van der Waals surface area contributed by atoms with Gasteiger partial charge in [0.05, 0.1) is 0 Å². The summed E-state index contributed by atoms with van der Waals surface area (Å²) in [7, 11) is 0.110. The third-order valence-electron chi connectivity index (χ3n) is 3.17. The van der Waals surface area contributed by atoms with Crippen molar-refractivity contribution in [2.45, 2.75) is 19.9 Å². The van der Waals surface area contributed by atoms with E-state index >= 15 is 0 Å². The van der Waals surface area contributed by atoms with Crippen molar-refractivity contribution in [3.05, 3.63) is 35.9 Å². The number of nitrogens with one attached hydrogen (secondary N) is 1. The Morgan fingerprint density at radius 1 is 1.20 bits per heavy atom. The van der Waals surface area contributed by atoms with Gasteiger partial charge >= 0.3 is 0 Å². The number of nitrogens with zero attached hydrogens (tertiary/aromatic N) is 2. The monoisotopic (exact) mass is 299 g/mol. The van der Waals surface area contributed by atoms with Crippen molar-refractivity contribution in [3.63, 3.8) is 0 Å². The predicted molar refractivity (Wildman–Crippen MR) is 82.6 cm³/mol. The summed E-state index contributed by atoms with van der Waals surface area (Å²) < 4.78 is 27.9. The molecule has 0 fully saturated rings. The topological polar surface area (TPSA) is 52.7 Å². The van der Waals surface area contributed by atoms with E-state index in [0.717, 1.165) is 18.5 Å². The van der Waals surface area contributed by atoms with Crippen LogP contribution in [0.15, 0.2) is 30.3 Å². The second kappa shape index (κ2) is 8.36. The molecule has 0 saturated carbocycles. The van der Waals surface area contributed by atoms with E-state index in [0.29, 0.717) is 19.6 Å². The molecule has 0 aliphatic heterocycles. The second-order valence-electron chi connectivity index (χ2n) is 4.70. The highest BCUT2D eigenvalue weighted by molar-refractivity contribution is 7.86. The SMILES string of the molecule is CCN(Cc1ccccc1)S(=O)(=O)N(C)CCCNC. The van der Waals surface area contributed by atoms with Gasteiger partial charge in [-0.05, 0) is 25.6 Å². The van der Waals surface area contributed by atoms with Gasteiger partial charge in [0.1, 0.15) is 0 Å². The maximum Gasteiger partial charge on any atom is 0.282 e. The van der Waals surface area contributed by atoms with Crippen molar-refractivity contribution < 1.29 is 8.42 Å². The third-order valence-corrected chi connectivity index (χ3v) is 5.18. The minimum atomic E-state index is -3.39. The number of benzene rings is 1. The molecule has 0 aliphatic carbocycles. The van der Waals surface area contributed by atoms with Crippen LogP contribution in [0.2, 0.25) is 0 Å². The van der Waals surface area contributed by atoms with Crippen molar-refractivity contribution in [1.29, 1.82) is 0 Å². The highest BCUT2D eigenvalue weighted by atomic mass is 32.2. The first-order chi connectivity index (χ1) is 9.52. The molecule has 0 atom stereocenters. The van der Waals surface area contributed by atoms with Gasteiger partial charge in [0.2, 0.25) is 0 Å². The smallest absolute Gasteiger partial charge is 0.282 e. The van der Waals surface area contributed by atoms with Crippen LogP contribution in [0, 0.1) is 0 Å². The standard InChI is InChI=1S/C14H25N3O2S/c1-4-17(13-14-9-6-5-7-10-14)20(18,19)16(3)12-8-11-15-2/h5-7,9-10,15H,4,8,11-13H2,1-3H3. The van der Waals surface area contributed by atoms with Crippen LogP contribution < -0.4 is 5.32 Å². The Morgan fingerprint density at radius 3 is 2.40 bits per heavy atom. The maximum atomic E-state index is 12.5. The van der Waals surface area contributed by atoms with Gasteiger partial charge in [-0.15, -0.1) is 0 Å². The molecule has 0 radical (unpaired) electrons. The molecule has 0 saturated heterocycles. The third kappa shape index (κ3) is 4.86. The molecule has 114 valence electrons. The Morgan fingerprint density at radius 2 is 1.85 bits per heavy atom. The number of rotatable bonds is 9. The summed E-state index contributed by atoms with van der Waals surface area (Å²) in [6.45, 7) is 4.07. The van der Waals surface area contributed by atoms with Crippen molar-refractivity contribution in [2.24, 2.45) is 0 Å². The van der Waals surface area contributed by atoms with Gasteiger partial charge in [0, 0.05) is 26.7 Å². The van der Waals surface area contributed by atoms with Crippen LogP contribution >= 0.6 is 0 Å². The van der Waals surface area contributed by atoms with Crippen LogP contribution in [0.4, 0.5) is 0 Å². The lowest BCUT2D eigenvalue weighted by molar-refractivity contribution is 0.361. The van der Waals surface area contributed by atoms with Crippen LogP contribution in [-0.4, -0.2) is 50.8 Å². The quantitative estimate of drug-likeness (QED) is 0.699. The molecule has 6 heteroatoms. The Balaban J connectivity index is 2.71. The minimum absolute atomic E-state index is 0.413. The lowest BCUT2D eigenvalue weighted by Gasteiger charge is -2.26. The van der Waals surface area contributed by atoms with E-state index < -0.39 is 10.2 Å². The first-order valence-electron chi connectivity index (χ1n) is 6.92. The lowest BCUT2D eigenvalue weighted by atomic mass is 10.2. The Bertz CT molecular complexity index is 476. The van der Waals surface area contributed by atoms with Crippen LogP contribution in [-0.2, 0) is 16.8 Å². The van der Waals surface area contributed by atoms with Gasteiger partial charge in [-0.25, -0.2) is 0 Å². The molecule has 0 amide bonds. The first kappa shape index (κ1) is 17.1. The highest BCUT2D eigenvalue weighted by Crippen LogP contribution is 2.12. The van der Waals surface area contributed by atoms with Crippen LogP contribution in [0.3, 0.4) is 0 Å². The zero-order valence-corrected chi connectivity index (χ0v) is 13.4. The molecule has 0 unspecified atom stereocenters. The number of hydrogen-bond acceptors (Lipinski definition) is 3. The summed E-state index contributed by atoms with van der Waals surface area (Å²) in [5, 5.41) is 3.02. The van der Waals surface area contributed by atoms with Crippen molar-refractivity contribution >= 4 is 10.2 Å². The lowest BCUT2D eigenvalue weighted by Crippen LogP contribution is -2.42. The van der Waals surface area contributed by atoms with Crippen LogP contribution in [0.1, 0.15) is 18.9 Å². The maximum absolute atomic E-state index is 12.5. The largest absolute Gasteiger partial charge is 0.320 e. The fourth-order valence-corrected chi connectivity index (χ4v) is 3.33. The Labute approximate surface area is 122 Å². The van der Waals surface area contributed by atoms with Gasteiger partial charge < -0.3 is 5.32 Å². The van der Waals surface area contributed by atoms with E-state index in [1.54, 1.807) is 7.05 Å². The molecule has 1 N–H and O–H groups in total. The molecule has 0 spiro atoms. The van der Waals surface area contributed by atoms with E-state index in [2.05, 4.69) is 5.32 Å². The molecular formula is C14H25N3O2S. The zero-order valence-electron chi connectivity index (χ0n) is 12.5. The highest BCUT2D eigenvalue weighted by Gasteiger charge is 2.25. The van der Waals surface area contributed by atoms with Gasteiger partial charge in [-0.2, -0.15) is 17.0 Å². The van der Waals surface area contributed by atoms with E-state index in [1.807, 2.05) is 44.3 Å². The number of hydrogen-bond donors (Lipinski definition) is 1. The van der Waals surface area contributed by atoms with Crippen molar-refractivity contribution in [3.8, 4) is 0 Å². The van der Waals surface area contributed by atoms with E-state index in [-0.39, 0.29) is 0 Å². The van der Waals surface area contributed by atoms with Crippen molar-refractivity contribution in [2.75, 3.05) is 33.7 Å². The molecule has 1 aromatic rings. The summed E-state index contributed by atoms with van der Waals surface area (Å²) in [5.41, 5.74) is 1.00. The van der Waals surface area contributed by atoms with E-state index in [9.17, 15) is 8.42 Å².